The molecular formula is C30H34N6O7. The van der Waals surface area contributed by atoms with Gasteiger partial charge in [-0.25, -0.2) is 19.7 Å². The van der Waals surface area contributed by atoms with Gasteiger partial charge in [0.1, 0.15) is 23.8 Å². The molecule has 3 fully saturated rings. The number of aromatic nitrogens is 4. The number of carbonyl (C=O) groups is 2. The first-order valence-corrected chi connectivity index (χ1v) is 14.5. The molecule has 3 aromatic rings. The monoisotopic (exact) mass is 590 g/mol. The van der Waals surface area contributed by atoms with Crippen molar-refractivity contribution in [2.45, 2.75) is 63.1 Å². The van der Waals surface area contributed by atoms with Gasteiger partial charge in [0, 0.05) is 25.9 Å². The number of carbonyl (C=O) groups excluding carboxylic acids is 2. The van der Waals surface area contributed by atoms with Crippen molar-refractivity contribution in [3.05, 3.63) is 36.4 Å². The number of para-hydroxylation sites is 2. The van der Waals surface area contributed by atoms with Crippen molar-refractivity contribution in [3.8, 4) is 23.3 Å². The lowest BCUT2D eigenvalue weighted by atomic mass is 9.94. The number of amides is 1. The minimum Gasteiger partial charge on any atom is -0.493 e. The molecule has 1 amide bonds. The van der Waals surface area contributed by atoms with E-state index in [-0.39, 0.29) is 29.0 Å². The van der Waals surface area contributed by atoms with E-state index in [1.54, 1.807) is 23.1 Å². The second-order valence-electron chi connectivity index (χ2n) is 11.3. The number of fused-ring (bicyclic) bond motifs is 1. The third-order valence-corrected chi connectivity index (χ3v) is 8.19. The molecule has 1 aliphatic carbocycles. The summed E-state index contributed by atoms with van der Waals surface area (Å²) >= 11 is 0. The van der Waals surface area contributed by atoms with Crippen LogP contribution in [0, 0.1) is 23.7 Å². The van der Waals surface area contributed by atoms with Gasteiger partial charge < -0.3 is 35.1 Å². The summed E-state index contributed by atoms with van der Waals surface area (Å²) in [5, 5.41) is 21.3. The van der Waals surface area contributed by atoms with E-state index in [2.05, 4.69) is 26.8 Å². The average Bonchev–Trinajstić information content (AvgIpc) is 3.64. The van der Waals surface area contributed by atoms with Crippen molar-refractivity contribution in [1.29, 1.82) is 0 Å². The van der Waals surface area contributed by atoms with Crippen molar-refractivity contribution >= 4 is 28.9 Å². The zero-order chi connectivity index (χ0) is 30.1. The Bertz CT molecular complexity index is 1570. The van der Waals surface area contributed by atoms with Crippen molar-refractivity contribution in [2.75, 3.05) is 25.9 Å². The molecule has 1 aromatic carbocycles. The van der Waals surface area contributed by atoms with Crippen molar-refractivity contribution < 1.29 is 34.0 Å². The van der Waals surface area contributed by atoms with Gasteiger partial charge in [0.05, 0.1) is 13.4 Å². The Morgan fingerprint density at radius 3 is 2.53 bits per heavy atom. The van der Waals surface area contributed by atoms with Gasteiger partial charge in [-0.05, 0) is 55.6 Å². The molecule has 4 N–H and O–H groups in total. The molecule has 0 bridgehead atoms. The van der Waals surface area contributed by atoms with Crippen molar-refractivity contribution in [3.63, 3.8) is 0 Å². The molecular weight excluding hydrogens is 556 g/mol. The fourth-order valence-electron chi connectivity index (χ4n) is 5.51. The van der Waals surface area contributed by atoms with Gasteiger partial charge in [-0.3, -0.25) is 9.36 Å². The van der Waals surface area contributed by atoms with Gasteiger partial charge in [0.15, 0.2) is 35.0 Å². The summed E-state index contributed by atoms with van der Waals surface area (Å²) in [6.45, 7) is 1.10. The van der Waals surface area contributed by atoms with Crippen LogP contribution in [0.1, 0.15) is 50.6 Å². The number of nitrogens with two attached hydrogens (primary N) is 1. The lowest BCUT2D eigenvalue weighted by Crippen LogP contribution is -2.40. The van der Waals surface area contributed by atoms with Crippen LogP contribution in [0.3, 0.4) is 0 Å². The second-order valence-corrected chi connectivity index (χ2v) is 11.3. The van der Waals surface area contributed by atoms with Crippen LogP contribution >= 0.6 is 0 Å². The van der Waals surface area contributed by atoms with Gasteiger partial charge in [0.2, 0.25) is 5.82 Å². The fraction of sp³-hybridized carbons (Fsp3) is 0.500. The molecule has 13 nitrogen and oxygen atoms in total. The lowest BCUT2D eigenvalue weighted by molar-refractivity contribution is -0.135. The molecule has 2 aromatic heterocycles. The molecule has 2 saturated heterocycles. The number of ether oxygens (including phenoxy) is 3. The van der Waals surface area contributed by atoms with Crippen molar-refractivity contribution in [2.24, 2.45) is 11.8 Å². The van der Waals surface area contributed by atoms with Crippen LogP contribution < -0.4 is 15.2 Å². The topological polar surface area (TPSA) is 175 Å². The van der Waals surface area contributed by atoms with E-state index in [1.165, 1.54) is 18.0 Å². The van der Waals surface area contributed by atoms with Crippen LogP contribution in [0.2, 0.25) is 0 Å². The summed E-state index contributed by atoms with van der Waals surface area (Å²) in [5.74, 6) is 7.66. The smallest absolute Gasteiger partial charge is 0.415 e. The summed E-state index contributed by atoms with van der Waals surface area (Å²) in [7, 11) is 1.53. The number of likely N-dealkylation sites (tertiary alicyclic amines) is 1. The molecule has 0 radical (unpaired) electrons. The average molecular weight is 591 g/mol. The summed E-state index contributed by atoms with van der Waals surface area (Å²) in [6, 6.07) is 7.02. The number of nitrogens with zero attached hydrogens (tertiary/aromatic N) is 5. The van der Waals surface area contributed by atoms with E-state index in [0.717, 1.165) is 25.7 Å². The van der Waals surface area contributed by atoms with Gasteiger partial charge in [-0.2, -0.15) is 0 Å². The Hall–Kier alpha value is -4.25. The van der Waals surface area contributed by atoms with Crippen LogP contribution in [0.4, 0.5) is 10.6 Å². The van der Waals surface area contributed by atoms with Crippen LogP contribution in [-0.4, -0.2) is 85.0 Å². The molecule has 0 spiro atoms. The maximum absolute atomic E-state index is 12.6. The Labute approximate surface area is 248 Å². The van der Waals surface area contributed by atoms with E-state index in [4.69, 9.17) is 19.9 Å². The first-order valence-electron chi connectivity index (χ1n) is 14.5. The second kappa shape index (κ2) is 12.2. The zero-order valence-corrected chi connectivity index (χ0v) is 23.8. The third kappa shape index (κ3) is 6.13. The van der Waals surface area contributed by atoms with Gasteiger partial charge in [0.25, 0.3) is 0 Å². The van der Waals surface area contributed by atoms with Crippen molar-refractivity contribution in [1.82, 2.24) is 24.4 Å². The maximum atomic E-state index is 12.6. The number of hydrogen-bond donors (Lipinski definition) is 3. The van der Waals surface area contributed by atoms with E-state index >= 15 is 0 Å². The molecule has 4 heterocycles. The summed E-state index contributed by atoms with van der Waals surface area (Å²) < 4.78 is 18.1. The number of imidazole rings is 1. The van der Waals surface area contributed by atoms with Gasteiger partial charge in [-0.15, -0.1) is 0 Å². The molecule has 43 heavy (non-hydrogen) atoms. The molecule has 13 heteroatoms. The molecule has 226 valence electrons. The van der Waals surface area contributed by atoms with Crippen LogP contribution in [-0.2, 0) is 9.53 Å². The predicted octanol–water partition coefficient (Wildman–Crippen LogP) is 2.06. The quantitative estimate of drug-likeness (QED) is 0.344. The minimum atomic E-state index is -1.36. The number of piperidine rings is 1. The number of benzene rings is 1. The number of Topliss-reactive ketones (excluding diaryl/α,β-unsaturated/α-hetero) is 1. The highest BCUT2D eigenvalue weighted by molar-refractivity contribution is 5.85. The molecule has 1 unspecified atom stereocenters. The third-order valence-electron chi connectivity index (χ3n) is 8.19. The standard InChI is InChI=1S/C30H34N6O7/c1-41-20-6-2-3-7-21(20)42-30(40)35-13-11-17(12-14-35)5-4-8-22-33-27(31)23-28(34-22)36(16-32-23)29-25(39)24(38)26(43-29)19(37)15-18-9-10-18/h2-3,6-7,16-18,24-26,29,38-39H,5,9-15H2,1H3,(H2,31,33,34)/t24?,25-,26+,29+/m0/s1. The zero-order valence-electron chi connectivity index (χ0n) is 23.8. The molecule has 3 aliphatic rings. The number of nitrogen functional groups attached to an aromatic ring is 1. The number of aliphatic hydroxyl groups excluding tert-OH is 2. The number of ketones is 1. The van der Waals surface area contributed by atoms with Gasteiger partial charge in [-0.1, -0.05) is 18.1 Å². The highest BCUT2D eigenvalue weighted by Gasteiger charge is 2.48. The molecule has 1 saturated carbocycles. The Kier molecular flexibility index (Phi) is 8.16. The fourth-order valence-corrected chi connectivity index (χ4v) is 5.51. The molecule has 6 rings (SSSR count). The predicted molar refractivity (Wildman–Crippen MR) is 153 cm³/mol. The minimum absolute atomic E-state index is 0.115. The number of anilines is 1. The largest absolute Gasteiger partial charge is 0.493 e. The number of hydrogen-bond acceptors (Lipinski definition) is 11. The van der Waals surface area contributed by atoms with Crippen LogP contribution in [0.25, 0.3) is 11.2 Å². The summed E-state index contributed by atoms with van der Waals surface area (Å²) in [5.41, 5.74) is 6.73. The number of rotatable bonds is 7. The Morgan fingerprint density at radius 2 is 1.81 bits per heavy atom. The normalized spacial score (nSPS) is 24.0. The molecule has 4 atom stereocenters. The van der Waals surface area contributed by atoms with Crippen LogP contribution in [0.15, 0.2) is 30.6 Å². The first-order chi connectivity index (χ1) is 20.8. The SMILES string of the molecule is COc1ccccc1OC(=O)N1CCC(CC#Cc2nc(N)c3ncn([C@@H]4O[C@H](C(=O)CC5CC5)C(O)[C@@H]4O)c3n2)CC1. The first kappa shape index (κ1) is 28.9. The van der Waals surface area contributed by atoms with E-state index in [9.17, 15) is 19.8 Å². The summed E-state index contributed by atoms with van der Waals surface area (Å²) in [6.07, 6.45) is 0.513. The van der Waals surface area contributed by atoms with E-state index in [0.29, 0.717) is 48.9 Å². The highest BCUT2D eigenvalue weighted by Crippen LogP contribution is 2.37. The summed E-state index contributed by atoms with van der Waals surface area (Å²) in [4.78, 5) is 40.0. The maximum Gasteiger partial charge on any atom is 0.415 e. The lowest BCUT2D eigenvalue weighted by Gasteiger charge is -2.30. The Morgan fingerprint density at radius 1 is 1.07 bits per heavy atom. The van der Waals surface area contributed by atoms with E-state index in [1.807, 2.05) is 6.07 Å². The van der Waals surface area contributed by atoms with E-state index < -0.39 is 30.6 Å². The van der Waals surface area contributed by atoms with Gasteiger partial charge >= 0.3 is 6.09 Å². The molecule has 2 aliphatic heterocycles. The van der Waals surface area contributed by atoms with Crippen LogP contribution in [0.5, 0.6) is 11.5 Å². The number of methoxy groups -OCH3 is 1. The Balaban J connectivity index is 1.08. The number of aliphatic hydroxyl groups is 2. The highest BCUT2D eigenvalue weighted by atomic mass is 16.6.